The molecule has 128 valence electrons. The van der Waals surface area contributed by atoms with Gasteiger partial charge >= 0.3 is 0 Å². The van der Waals surface area contributed by atoms with Gasteiger partial charge in [0, 0.05) is 31.6 Å². The molecule has 2 aliphatic heterocycles. The van der Waals surface area contributed by atoms with Gasteiger partial charge in [-0.25, -0.2) is 0 Å². The molecular formula is C19H25N3O2. The second-order valence-corrected chi connectivity index (χ2v) is 7.10. The second kappa shape index (κ2) is 6.46. The van der Waals surface area contributed by atoms with Gasteiger partial charge in [-0.1, -0.05) is 12.1 Å². The van der Waals surface area contributed by atoms with Gasteiger partial charge in [-0.2, -0.15) is 4.98 Å². The summed E-state index contributed by atoms with van der Waals surface area (Å²) in [6, 6.07) is 8.94. The summed E-state index contributed by atoms with van der Waals surface area (Å²) in [7, 11) is 0. The quantitative estimate of drug-likeness (QED) is 0.848. The number of fused-ring (bicyclic) bond motifs is 1. The molecule has 2 fully saturated rings. The number of piperidine rings is 2. The van der Waals surface area contributed by atoms with E-state index in [-0.39, 0.29) is 5.92 Å². The number of hydrogen-bond acceptors (Lipinski definition) is 4. The highest BCUT2D eigenvalue weighted by molar-refractivity contribution is 5.79. The number of carbonyl (C=O) groups is 1. The molecule has 0 bridgehead atoms. The van der Waals surface area contributed by atoms with E-state index in [0.29, 0.717) is 18.0 Å². The fraction of sp³-hybridized carbons (Fsp3) is 0.579. The molecule has 2 aromatic rings. The third-order valence-electron chi connectivity index (χ3n) is 5.48. The number of aromatic nitrogens is 1. The van der Waals surface area contributed by atoms with Gasteiger partial charge in [0.15, 0.2) is 5.58 Å². The molecule has 0 spiro atoms. The molecule has 24 heavy (non-hydrogen) atoms. The number of amides is 1. The van der Waals surface area contributed by atoms with E-state index in [2.05, 4.69) is 21.7 Å². The average molecular weight is 327 g/mol. The number of rotatable bonds is 2. The van der Waals surface area contributed by atoms with Crippen molar-refractivity contribution in [3.8, 4) is 0 Å². The van der Waals surface area contributed by atoms with Crippen molar-refractivity contribution in [3.05, 3.63) is 24.3 Å². The van der Waals surface area contributed by atoms with Gasteiger partial charge in [0.05, 0.1) is 0 Å². The van der Waals surface area contributed by atoms with Crippen LogP contribution in [0.2, 0.25) is 0 Å². The van der Waals surface area contributed by atoms with Gasteiger partial charge in [0.25, 0.3) is 6.01 Å². The molecule has 3 heterocycles. The monoisotopic (exact) mass is 327 g/mol. The van der Waals surface area contributed by atoms with Crippen molar-refractivity contribution in [1.82, 2.24) is 9.88 Å². The Kier molecular flexibility index (Phi) is 4.17. The van der Waals surface area contributed by atoms with Gasteiger partial charge in [0.2, 0.25) is 5.91 Å². The van der Waals surface area contributed by atoms with Crippen LogP contribution in [0.3, 0.4) is 0 Å². The summed E-state index contributed by atoms with van der Waals surface area (Å²) in [6.45, 7) is 4.80. The van der Waals surface area contributed by atoms with Crippen LogP contribution in [0.4, 0.5) is 6.01 Å². The lowest BCUT2D eigenvalue weighted by atomic mass is 9.93. The van der Waals surface area contributed by atoms with Crippen molar-refractivity contribution < 1.29 is 9.21 Å². The maximum absolute atomic E-state index is 12.8. The molecule has 5 nitrogen and oxygen atoms in total. The maximum atomic E-state index is 12.8. The highest BCUT2D eigenvalue weighted by atomic mass is 16.4. The average Bonchev–Trinajstić information content (AvgIpc) is 3.06. The van der Waals surface area contributed by atoms with E-state index in [0.717, 1.165) is 56.4 Å². The van der Waals surface area contributed by atoms with Gasteiger partial charge < -0.3 is 14.2 Å². The van der Waals surface area contributed by atoms with Crippen molar-refractivity contribution in [2.24, 2.45) is 5.92 Å². The Morgan fingerprint density at radius 3 is 2.67 bits per heavy atom. The first-order chi connectivity index (χ1) is 11.7. The van der Waals surface area contributed by atoms with E-state index in [9.17, 15) is 4.79 Å². The Labute approximate surface area is 142 Å². The Bertz CT molecular complexity index is 685. The first-order valence-electron chi connectivity index (χ1n) is 9.13. The van der Waals surface area contributed by atoms with Gasteiger partial charge in [-0.3, -0.25) is 4.79 Å². The molecule has 2 saturated heterocycles. The fourth-order valence-corrected chi connectivity index (χ4v) is 3.97. The summed E-state index contributed by atoms with van der Waals surface area (Å²) < 4.78 is 5.86. The van der Waals surface area contributed by atoms with Crippen molar-refractivity contribution in [2.75, 3.05) is 24.5 Å². The Morgan fingerprint density at radius 2 is 1.92 bits per heavy atom. The third-order valence-corrected chi connectivity index (χ3v) is 5.48. The summed E-state index contributed by atoms with van der Waals surface area (Å²) in [5, 5.41) is 0. The number of para-hydroxylation sites is 2. The van der Waals surface area contributed by atoms with Gasteiger partial charge in [-0.15, -0.1) is 0 Å². The predicted octanol–water partition coefficient (Wildman–Crippen LogP) is 3.45. The number of likely N-dealkylation sites (tertiary alicyclic amines) is 1. The van der Waals surface area contributed by atoms with Crippen molar-refractivity contribution in [2.45, 2.75) is 45.1 Å². The summed E-state index contributed by atoms with van der Waals surface area (Å²) in [6.07, 6.45) is 5.33. The zero-order chi connectivity index (χ0) is 16.5. The Hall–Kier alpha value is -2.04. The number of nitrogens with zero attached hydrogens (tertiary/aromatic N) is 3. The van der Waals surface area contributed by atoms with Crippen LogP contribution in [-0.2, 0) is 4.79 Å². The standard InChI is InChI=1S/C19H25N3O2/c1-14-6-4-5-11-22(14)18(23)15-9-12-21(13-10-15)19-20-16-7-2-3-8-17(16)24-19/h2-3,7-8,14-15H,4-6,9-13H2,1H3. The SMILES string of the molecule is CC1CCCCN1C(=O)C1CCN(c2nc3ccccc3o2)CC1. The Balaban J connectivity index is 1.40. The lowest BCUT2D eigenvalue weighted by molar-refractivity contribution is -0.139. The number of hydrogen-bond donors (Lipinski definition) is 0. The first kappa shape index (κ1) is 15.5. The normalized spacial score (nSPS) is 23.0. The number of carbonyl (C=O) groups excluding carboxylic acids is 1. The smallest absolute Gasteiger partial charge is 0.298 e. The van der Waals surface area contributed by atoms with E-state index in [1.807, 2.05) is 24.3 Å². The van der Waals surface area contributed by atoms with Gasteiger partial charge in [0.1, 0.15) is 5.52 Å². The largest absolute Gasteiger partial charge is 0.423 e. The van der Waals surface area contributed by atoms with Crippen LogP contribution in [0.15, 0.2) is 28.7 Å². The summed E-state index contributed by atoms with van der Waals surface area (Å²) in [4.78, 5) is 21.7. The molecule has 1 atom stereocenters. The van der Waals surface area contributed by atoms with E-state index in [4.69, 9.17) is 4.42 Å². The maximum Gasteiger partial charge on any atom is 0.298 e. The van der Waals surface area contributed by atoms with Crippen LogP contribution >= 0.6 is 0 Å². The molecule has 1 aromatic carbocycles. The molecule has 0 N–H and O–H groups in total. The Morgan fingerprint density at radius 1 is 1.12 bits per heavy atom. The van der Waals surface area contributed by atoms with Crippen LogP contribution < -0.4 is 4.90 Å². The van der Waals surface area contributed by atoms with Crippen molar-refractivity contribution >= 4 is 23.0 Å². The number of anilines is 1. The lowest BCUT2D eigenvalue weighted by Gasteiger charge is -2.38. The molecule has 2 aliphatic rings. The summed E-state index contributed by atoms with van der Waals surface area (Å²) >= 11 is 0. The topological polar surface area (TPSA) is 49.6 Å². The second-order valence-electron chi connectivity index (χ2n) is 7.10. The highest BCUT2D eigenvalue weighted by Crippen LogP contribution is 2.28. The highest BCUT2D eigenvalue weighted by Gasteiger charge is 2.32. The summed E-state index contributed by atoms with van der Waals surface area (Å²) in [5.74, 6) is 0.519. The zero-order valence-corrected chi connectivity index (χ0v) is 14.3. The molecular weight excluding hydrogens is 302 g/mol. The molecule has 0 aliphatic carbocycles. The predicted molar refractivity (Wildman–Crippen MR) is 94.0 cm³/mol. The van der Waals surface area contributed by atoms with Crippen LogP contribution in [-0.4, -0.2) is 41.5 Å². The molecule has 1 unspecified atom stereocenters. The minimum absolute atomic E-state index is 0.158. The molecule has 1 aromatic heterocycles. The van der Waals surface area contributed by atoms with E-state index < -0.39 is 0 Å². The molecule has 5 heteroatoms. The fourth-order valence-electron chi connectivity index (χ4n) is 3.97. The molecule has 4 rings (SSSR count). The van der Waals surface area contributed by atoms with E-state index in [1.54, 1.807) is 0 Å². The lowest BCUT2D eigenvalue weighted by Crippen LogP contribution is -2.47. The minimum Gasteiger partial charge on any atom is -0.423 e. The van der Waals surface area contributed by atoms with E-state index >= 15 is 0 Å². The number of oxazole rings is 1. The third kappa shape index (κ3) is 2.87. The molecule has 1 amide bonds. The van der Waals surface area contributed by atoms with Crippen LogP contribution in [0, 0.1) is 5.92 Å². The van der Waals surface area contributed by atoms with Crippen LogP contribution in [0.5, 0.6) is 0 Å². The first-order valence-corrected chi connectivity index (χ1v) is 9.13. The van der Waals surface area contributed by atoms with Crippen LogP contribution in [0.1, 0.15) is 39.0 Å². The number of benzene rings is 1. The van der Waals surface area contributed by atoms with Crippen molar-refractivity contribution in [3.63, 3.8) is 0 Å². The zero-order valence-electron chi connectivity index (χ0n) is 14.3. The molecule has 0 radical (unpaired) electrons. The van der Waals surface area contributed by atoms with Crippen molar-refractivity contribution in [1.29, 1.82) is 0 Å². The molecule has 0 saturated carbocycles. The van der Waals surface area contributed by atoms with Gasteiger partial charge in [-0.05, 0) is 51.2 Å². The van der Waals surface area contributed by atoms with E-state index in [1.165, 1.54) is 6.42 Å². The minimum atomic E-state index is 0.158. The summed E-state index contributed by atoms with van der Waals surface area (Å²) in [5.41, 5.74) is 1.72. The van der Waals surface area contributed by atoms with Crippen LogP contribution in [0.25, 0.3) is 11.1 Å².